The fourth-order valence-corrected chi connectivity index (χ4v) is 2.69. The predicted octanol–water partition coefficient (Wildman–Crippen LogP) is 1.67. The van der Waals surface area contributed by atoms with Crippen LogP contribution in [0.5, 0.6) is 5.75 Å². The van der Waals surface area contributed by atoms with Gasteiger partial charge >= 0.3 is 0 Å². The Kier molecular flexibility index (Phi) is 5.59. The van der Waals surface area contributed by atoms with Gasteiger partial charge in [0.05, 0.1) is 24.3 Å². The molecular formula is C16H21N3O2. The lowest BCUT2D eigenvalue weighted by Crippen LogP contribution is -2.48. The number of likely N-dealkylation sites (tertiary alicyclic amines) is 1. The van der Waals surface area contributed by atoms with Crippen molar-refractivity contribution in [1.29, 1.82) is 5.26 Å². The van der Waals surface area contributed by atoms with Crippen LogP contribution in [0.2, 0.25) is 0 Å². The van der Waals surface area contributed by atoms with Crippen LogP contribution in [0, 0.1) is 11.3 Å². The minimum absolute atomic E-state index is 0.124. The maximum atomic E-state index is 11.4. The van der Waals surface area contributed by atoms with E-state index in [0.717, 1.165) is 38.8 Å². The third kappa shape index (κ3) is 4.47. The van der Waals surface area contributed by atoms with Gasteiger partial charge in [-0.05, 0) is 44.0 Å². The molecule has 5 nitrogen and oxygen atoms in total. The number of benzene rings is 1. The van der Waals surface area contributed by atoms with Gasteiger partial charge in [0.15, 0.2) is 0 Å². The van der Waals surface area contributed by atoms with E-state index < -0.39 is 0 Å². The summed E-state index contributed by atoms with van der Waals surface area (Å²) in [7, 11) is 0. The van der Waals surface area contributed by atoms with Crippen LogP contribution in [0.1, 0.15) is 31.2 Å². The van der Waals surface area contributed by atoms with Crippen LogP contribution in [0.4, 0.5) is 0 Å². The van der Waals surface area contributed by atoms with E-state index in [1.54, 1.807) is 12.1 Å². The van der Waals surface area contributed by atoms with Crippen molar-refractivity contribution in [3.05, 3.63) is 29.8 Å². The third-order valence-electron chi connectivity index (χ3n) is 3.76. The van der Waals surface area contributed by atoms with Crippen LogP contribution < -0.4 is 10.5 Å². The molecule has 0 aliphatic carbocycles. The number of nitrogens with zero attached hydrogens (tertiary/aromatic N) is 2. The summed E-state index contributed by atoms with van der Waals surface area (Å²) in [5.41, 5.74) is 6.04. The number of nitrogens with two attached hydrogens (primary N) is 1. The highest BCUT2D eigenvalue weighted by molar-refractivity contribution is 5.79. The van der Waals surface area contributed by atoms with Crippen molar-refractivity contribution in [1.82, 2.24) is 4.90 Å². The Morgan fingerprint density at radius 2 is 2.33 bits per heavy atom. The number of nitriles is 1. The number of amides is 1. The molecule has 0 bridgehead atoms. The number of rotatable bonds is 6. The molecule has 5 heteroatoms. The number of hydrogen-bond donors (Lipinski definition) is 1. The molecule has 1 amide bonds. The molecule has 21 heavy (non-hydrogen) atoms. The Labute approximate surface area is 125 Å². The third-order valence-corrected chi connectivity index (χ3v) is 3.76. The number of hydrogen-bond acceptors (Lipinski definition) is 4. The number of primary amides is 1. The van der Waals surface area contributed by atoms with Gasteiger partial charge in [0.25, 0.3) is 0 Å². The first-order valence-corrected chi connectivity index (χ1v) is 7.37. The Morgan fingerprint density at radius 1 is 1.48 bits per heavy atom. The molecule has 1 heterocycles. The van der Waals surface area contributed by atoms with Crippen molar-refractivity contribution in [2.75, 3.05) is 19.7 Å². The molecule has 1 fully saturated rings. The molecule has 0 spiro atoms. The summed E-state index contributed by atoms with van der Waals surface area (Å²) in [6.45, 7) is 2.31. The van der Waals surface area contributed by atoms with Gasteiger partial charge < -0.3 is 10.5 Å². The smallest absolute Gasteiger partial charge is 0.234 e. The van der Waals surface area contributed by atoms with Gasteiger partial charge in [-0.1, -0.05) is 12.5 Å². The molecule has 1 unspecified atom stereocenters. The van der Waals surface area contributed by atoms with Crippen molar-refractivity contribution in [2.45, 2.75) is 31.7 Å². The second kappa shape index (κ2) is 7.65. The van der Waals surface area contributed by atoms with Gasteiger partial charge in [-0.2, -0.15) is 5.26 Å². The maximum absolute atomic E-state index is 11.4. The lowest BCUT2D eigenvalue weighted by atomic mass is 10.0. The summed E-state index contributed by atoms with van der Waals surface area (Å²) >= 11 is 0. The first-order chi connectivity index (χ1) is 10.2. The van der Waals surface area contributed by atoms with E-state index in [9.17, 15) is 4.79 Å². The summed E-state index contributed by atoms with van der Waals surface area (Å²) in [6.07, 6.45) is 3.89. The number of ether oxygens (including phenoxy) is 1. The van der Waals surface area contributed by atoms with Crippen molar-refractivity contribution >= 4 is 5.91 Å². The van der Waals surface area contributed by atoms with Gasteiger partial charge in [-0.25, -0.2) is 0 Å². The monoisotopic (exact) mass is 287 g/mol. The number of carbonyl (C=O) groups excluding carboxylic acids is 1. The molecule has 0 aromatic heterocycles. The van der Waals surface area contributed by atoms with Gasteiger partial charge in [0, 0.05) is 6.54 Å². The molecule has 2 rings (SSSR count). The molecule has 0 saturated carbocycles. The van der Waals surface area contributed by atoms with Gasteiger partial charge in [0.1, 0.15) is 5.75 Å². The fraction of sp³-hybridized carbons (Fsp3) is 0.500. The van der Waals surface area contributed by atoms with Crippen LogP contribution in [0.15, 0.2) is 24.3 Å². The largest absolute Gasteiger partial charge is 0.494 e. The normalized spacial score (nSPS) is 18.9. The summed E-state index contributed by atoms with van der Waals surface area (Å²) in [5, 5.41) is 8.83. The van der Waals surface area contributed by atoms with Gasteiger partial charge in [-0.3, -0.25) is 9.69 Å². The first kappa shape index (κ1) is 15.3. The van der Waals surface area contributed by atoms with E-state index in [2.05, 4.69) is 11.0 Å². The second-order valence-corrected chi connectivity index (χ2v) is 5.29. The van der Waals surface area contributed by atoms with Gasteiger partial charge in [0.2, 0.25) is 5.91 Å². The highest BCUT2D eigenvalue weighted by Gasteiger charge is 2.26. The average Bonchev–Trinajstić information content (AvgIpc) is 2.52. The van der Waals surface area contributed by atoms with Crippen molar-refractivity contribution in [3.8, 4) is 11.8 Å². The Hall–Kier alpha value is -2.06. The molecule has 0 radical (unpaired) electrons. The highest BCUT2D eigenvalue weighted by atomic mass is 16.5. The van der Waals surface area contributed by atoms with Crippen molar-refractivity contribution < 1.29 is 9.53 Å². The summed E-state index contributed by atoms with van der Waals surface area (Å²) < 4.78 is 5.64. The van der Waals surface area contributed by atoms with E-state index >= 15 is 0 Å². The van der Waals surface area contributed by atoms with Crippen LogP contribution in [0.3, 0.4) is 0 Å². The number of carbonyl (C=O) groups is 1. The van der Waals surface area contributed by atoms with E-state index in [4.69, 9.17) is 15.7 Å². The van der Waals surface area contributed by atoms with Crippen LogP contribution in [-0.2, 0) is 4.79 Å². The van der Waals surface area contributed by atoms with E-state index in [1.165, 1.54) is 0 Å². The van der Waals surface area contributed by atoms with Crippen molar-refractivity contribution in [3.63, 3.8) is 0 Å². The molecule has 1 aliphatic heterocycles. The Balaban J connectivity index is 1.76. The van der Waals surface area contributed by atoms with Crippen molar-refractivity contribution in [2.24, 2.45) is 5.73 Å². The zero-order chi connectivity index (χ0) is 15.1. The van der Waals surface area contributed by atoms with Crippen LogP contribution in [0.25, 0.3) is 0 Å². The fourth-order valence-electron chi connectivity index (χ4n) is 2.69. The quantitative estimate of drug-likeness (QED) is 0.807. The average molecular weight is 287 g/mol. The topological polar surface area (TPSA) is 79.3 Å². The molecule has 112 valence electrons. The summed E-state index contributed by atoms with van der Waals surface area (Å²) in [5.74, 6) is 0.483. The molecule has 1 atom stereocenters. The minimum atomic E-state index is -0.225. The molecular weight excluding hydrogens is 266 g/mol. The SMILES string of the molecule is N#Cc1cccc(OCCCN2CCCCC2C(N)=O)c1. The van der Waals surface area contributed by atoms with E-state index in [-0.39, 0.29) is 11.9 Å². The zero-order valence-electron chi connectivity index (χ0n) is 12.1. The Morgan fingerprint density at radius 3 is 3.10 bits per heavy atom. The second-order valence-electron chi connectivity index (χ2n) is 5.29. The van der Waals surface area contributed by atoms with Gasteiger partial charge in [-0.15, -0.1) is 0 Å². The van der Waals surface area contributed by atoms with Crippen LogP contribution in [-0.4, -0.2) is 36.5 Å². The standard InChI is InChI=1S/C16H21N3O2/c17-12-13-5-3-6-14(11-13)21-10-4-9-19-8-2-1-7-15(19)16(18)20/h3,5-6,11,15H,1-2,4,7-10H2,(H2,18,20). The highest BCUT2D eigenvalue weighted by Crippen LogP contribution is 2.17. The van der Waals surface area contributed by atoms with Crippen LogP contribution >= 0.6 is 0 Å². The maximum Gasteiger partial charge on any atom is 0.234 e. The molecule has 1 saturated heterocycles. The lowest BCUT2D eigenvalue weighted by molar-refractivity contribution is -0.124. The van der Waals surface area contributed by atoms with E-state index in [1.807, 2.05) is 12.1 Å². The minimum Gasteiger partial charge on any atom is -0.494 e. The zero-order valence-corrected chi connectivity index (χ0v) is 12.1. The lowest BCUT2D eigenvalue weighted by Gasteiger charge is -2.33. The molecule has 1 aromatic carbocycles. The molecule has 1 aliphatic rings. The summed E-state index contributed by atoms with van der Waals surface area (Å²) in [4.78, 5) is 13.6. The molecule has 2 N–H and O–H groups in total. The summed E-state index contributed by atoms with van der Waals surface area (Å²) in [6, 6.07) is 9.09. The van der Waals surface area contributed by atoms with E-state index in [0.29, 0.717) is 17.9 Å². The number of piperidine rings is 1. The first-order valence-electron chi connectivity index (χ1n) is 7.37. The predicted molar refractivity (Wildman–Crippen MR) is 79.7 cm³/mol. The Bertz CT molecular complexity index is 524. The molecule has 1 aromatic rings.